The highest BCUT2D eigenvalue weighted by atomic mass is 79.9. The highest BCUT2D eigenvalue weighted by molar-refractivity contribution is 9.10. The Morgan fingerprint density at radius 2 is 2.04 bits per heavy atom. The molecule has 0 aromatic heterocycles. The third-order valence-electron chi connectivity index (χ3n) is 4.44. The predicted molar refractivity (Wildman–Crippen MR) is 88.3 cm³/mol. The number of hydrogen-bond acceptors (Lipinski definition) is 2. The van der Waals surface area contributed by atoms with Gasteiger partial charge in [0, 0.05) is 29.0 Å². The van der Waals surface area contributed by atoms with E-state index in [9.17, 15) is 14.0 Å². The number of carboxylic acids is 1. The summed E-state index contributed by atoms with van der Waals surface area (Å²) < 4.78 is 14.7. The molecule has 1 fully saturated rings. The molecule has 0 aliphatic heterocycles. The van der Waals surface area contributed by atoms with E-state index in [-0.39, 0.29) is 24.2 Å². The zero-order chi connectivity index (χ0) is 17.0. The monoisotopic (exact) mass is 385 g/mol. The SMILES string of the molecule is CCN(Cc1cc(Br)ccc1F)C(=O)C1CCCC(C(=O)O)C1. The molecule has 4 nitrogen and oxygen atoms in total. The maximum atomic E-state index is 13.9. The van der Waals surface area contributed by atoms with E-state index in [1.54, 1.807) is 17.0 Å². The first-order chi connectivity index (χ1) is 10.9. The summed E-state index contributed by atoms with van der Waals surface area (Å²) >= 11 is 3.31. The summed E-state index contributed by atoms with van der Waals surface area (Å²) in [5.74, 6) is -1.97. The van der Waals surface area contributed by atoms with Gasteiger partial charge in [0.2, 0.25) is 5.91 Å². The largest absolute Gasteiger partial charge is 0.481 e. The highest BCUT2D eigenvalue weighted by Gasteiger charge is 2.33. The van der Waals surface area contributed by atoms with Gasteiger partial charge in [0.1, 0.15) is 5.82 Å². The lowest BCUT2D eigenvalue weighted by molar-refractivity contribution is -0.145. The number of benzene rings is 1. The van der Waals surface area contributed by atoms with Gasteiger partial charge in [-0.15, -0.1) is 0 Å². The summed E-state index contributed by atoms with van der Waals surface area (Å²) in [6.45, 7) is 2.53. The Bertz CT molecular complexity index is 593. The number of rotatable bonds is 5. The van der Waals surface area contributed by atoms with Crippen molar-refractivity contribution in [1.82, 2.24) is 4.90 Å². The van der Waals surface area contributed by atoms with Crippen molar-refractivity contribution >= 4 is 27.8 Å². The first kappa shape index (κ1) is 17.9. The maximum Gasteiger partial charge on any atom is 0.306 e. The Morgan fingerprint density at radius 3 is 2.70 bits per heavy atom. The summed E-state index contributed by atoms with van der Waals surface area (Å²) in [7, 11) is 0. The first-order valence-corrected chi connectivity index (χ1v) is 8.67. The van der Waals surface area contributed by atoms with Crippen LogP contribution in [-0.2, 0) is 16.1 Å². The number of carbonyl (C=O) groups is 2. The normalized spacial score (nSPS) is 21.0. The minimum absolute atomic E-state index is 0.0715. The van der Waals surface area contributed by atoms with Gasteiger partial charge in [-0.2, -0.15) is 0 Å². The van der Waals surface area contributed by atoms with Crippen molar-refractivity contribution in [2.24, 2.45) is 11.8 Å². The van der Waals surface area contributed by atoms with E-state index < -0.39 is 11.9 Å². The van der Waals surface area contributed by atoms with Crippen LogP contribution in [0.5, 0.6) is 0 Å². The average molecular weight is 386 g/mol. The van der Waals surface area contributed by atoms with Crippen molar-refractivity contribution in [2.45, 2.75) is 39.2 Å². The summed E-state index contributed by atoms with van der Waals surface area (Å²) in [6.07, 6.45) is 2.47. The van der Waals surface area contributed by atoms with E-state index in [1.165, 1.54) is 6.07 Å². The number of carboxylic acid groups (broad SMARTS) is 1. The van der Waals surface area contributed by atoms with Gasteiger partial charge in [-0.05, 0) is 44.4 Å². The van der Waals surface area contributed by atoms with Gasteiger partial charge >= 0.3 is 5.97 Å². The van der Waals surface area contributed by atoms with E-state index in [4.69, 9.17) is 5.11 Å². The molecule has 1 aromatic carbocycles. The molecule has 1 aromatic rings. The van der Waals surface area contributed by atoms with Gasteiger partial charge < -0.3 is 10.0 Å². The maximum absolute atomic E-state index is 13.9. The Labute approximate surface area is 143 Å². The molecule has 0 heterocycles. The molecule has 1 aliphatic rings. The van der Waals surface area contributed by atoms with Crippen LogP contribution in [0.15, 0.2) is 22.7 Å². The number of amides is 1. The van der Waals surface area contributed by atoms with Gasteiger partial charge in [-0.3, -0.25) is 9.59 Å². The number of halogens is 2. The van der Waals surface area contributed by atoms with E-state index in [0.717, 1.165) is 10.9 Å². The van der Waals surface area contributed by atoms with Crippen molar-refractivity contribution in [3.05, 3.63) is 34.1 Å². The molecule has 23 heavy (non-hydrogen) atoms. The van der Waals surface area contributed by atoms with Gasteiger partial charge in [0.15, 0.2) is 0 Å². The third-order valence-corrected chi connectivity index (χ3v) is 4.93. The van der Waals surface area contributed by atoms with Gasteiger partial charge in [0.25, 0.3) is 0 Å². The zero-order valence-corrected chi connectivity index (χ0v) is 14.7. The average Bonchev–Trinajstić information content (AvgIpc) is 2.55. The quantitative estimate of drug-likeness (QED) is 0.837. The lowest BCUT2D eigenvalue weighted by atomic mass is 9.80. The number of carbonyl (C=O) groups excluding carboxylic acids is 1. The molecular weight excluding hydrogens is 365 g/mol. The molecule has 0 radical (unpaired) electrons. The lowest BCUT2D eigenvalue weighted by Crippen LogP contribution is -2.38. The summed E-state index contributed by atoms with van der Waals surface area (Å²) in [5.41, 5.74) is 0.458. The second-order valence-electron chi connectivity index (χ2n) is 5.99. The van der Waals surface area contributed by atoms with Crippen molar-refractivity contribution < 1.29 is 19.1 Å². The van der Waals surface area contributed by atoms with Gasteiger partial charge in [0.05, 0.1) is 5.92 Å². The Balaban J connectivity index is 2.09. The predicted octanol–water partition coefficient (Wildman–Crippen LogP) is 3.83. The molecule has 1 N–H and O–H groups in total. The molecule has 126 valence electrons. The zero-order valence-electron chi connectivity index (χ0n) is 13.1. The second-order valence-corrected chi connectivity index (χ2v) is 6.90. The van der Waals surface area contributed by atoms with Crippen molar-refractivity contribution in [3.63, 3.8) is 0 Å². The fraction of sp³-hybridized carbons (Fsp3) is 0.529. The van der Waals surface area contributed by atoms with E-state index in [0.29, 0.717) is 31.4 Å². The van der Waals surface area contributed by atoms with Crippen molar-refractivity contribution in [1.29, 1.82) is 0 Å². The van der Waals surface area contributed by atoms with Crippen molar-refractivity contribution in [3.8, 4) is 0 Å². The number of hydrogen-bond donors (Lipinski definition) is 1. The first-order valence-electron chi connectivity index (χ1n) is 7.87. The van der Waals surface area contributed by atoms with Gasteiger partial charge in [-0.25, -0.2) is 4.39 Å². The number of nitrogens with zero attached hydrogens (tertiary/aromatic N) is 1. The number of aliphatic carboxylic acids is 1. The summed E-state index contributed by atoms with van der Waals surface area (Å²) in [5, 5.41) is 9.16. The van der Waals surface area contributed by atoms with Crippen LogP contribution in [0, 0.1) is 17.7 Å². The topological polar surface area (TPSA) is 57.6 Å². The minimum atomic E-state index is -0.830. The molecule has 2 unspecified atom stereocenters. The molecule has 0 bridgehead atoms. The smallest absolute Gasteiger partial charge is 0.306 e. The Hall–Kier alpha value is -1.43. The van der Waals surface area contributed by atoms with Crippen LogP contribution in [0.1, 0.15) is 38.2 Å². The Kier molecular flexibility index (Phi) is 6.16. The van der Waals surface area contributed by atoms with Crippen LogP contribution in [-0.4, -0.2) is 28.4 Å². The fourth-order valence-electron chi connectivity index (χ4n) is 3.11. The highest BCUT2D eigenvalue weighted by Crippen LogP contribution is 2.31. The van der Waals surface area contributed by atoms with Crippen LogP contribution >= 0.6 is 15.9 Å². The fourth-order valence-corrected chi connectivity index (χ4v) is 3.52. The second kappa shape index (κ2) is 7.90. The molecule has 1 aliphatic carbocycles. The molecular formula is C17H21BrFNO3. The van der Waals surface area contributed by atoms with Gasteiger partial charge in [-0.1, -0.05) is 22.4 Å². The summed E-state index contributed by atoms with van der Waals surface area (Å²) in [6, 6.07) is 4.67. The van der Waals surface area contributed by atoms with E-state index >= 15 is 0 Å². The lowest BCUT2D eigenvalue weighted by Gasteiger charge is -2.31. The molecule has 0 saturated heterocycles. The molecule has 1 amide bonds. The van der Waals surface area contributed by atoms with Crippen molar-refractivity contribution in [2.75, 3.05) is 6.54 Å². The van der Waals surface area contributed by atoms with Crippen LogP contribution in [0.3, 0.4) is 0 Å². The summed E-state index contributed by atoms with van der Waals surface area (Å²) in [4.78, 5) is 25.5. The molecule has 1 saturated carbocycles. The minimum Gasteiger partial charge on any atom is -0.481 e. The molecule has 2 rings (SSSR count). The van der Waals surface area contributed by atoms with Crippen LogP contribution < -0.4 is 0 Å². The Morgan fingerprint density at radius 1 is 1.35 bits per heavy atom. The molecule has 2 atom stereocenters. The van der Waals surface area contributed by atoms with E-state index in [1.807, 2.05) is 6.92 Å². The van der Waals surface area contributed by atoms with E-state index in [2.05, 4.69) is 15.9 Å². The third kappa shape index (κ3) is 4.53. The van der Waals surface area contributed by atoms with Crippen LogP contribution in [0.25, 0.3) is 0 Å². The molecule has 0 spiro atoms. The van der Waals surface area contributed by atoms with Crippen LogP contribution in [0.4, 0.5) is 4.39 Å². The standard InChI is InChI=1S/C17H21BrFNO3/c1-2-20(10-13-9-14(18)6-7-15(13)19)16(21)11-4-3-5-12(8-11)17(22)23/h6-7,9,11-12H,2-5,8,10H2,1H3,(H,22,23). The van der Waals surface area contributed by atoms with Crippen LogP contribution in [0.2, 0.25) is 0 Å². The molecule has 6 heteroatoms.